The number of ether oxygens (including phenoxy) is 1. The molecule has 0 amide bonds. The van der Waals surface area contributed by atoms with Crippen molar-refractivity contribution < 1.29 is 4.74 Å². The molecule has 0 aliphatic heterocycles. The highest BCUT2D eigenvalue weighted by molar-refractivity contribution is 6.18. The molecule has 1 unspecified atom stereocenters. The van der Waals surface area contributed by atoms with Gasteiger partial charge in [-0.15, -0.1) is 11.6 Å². The average molecular weight is 264 g/mol. The quantitative estimate of drug-likeness (QED) is 0.843. The molecule has 2 rings (SSSR count). The predicted octanol–water partition coefficient (Wildman–Crippen LogP) is 2.88. The molecule has 1 aromatic carbocycles. The van der Waals surface area contributed by atoms with Gasteiger partial charge in [0.15, 0.2) is 0 Å². The highest BCUT2D eigenvalue weighted by Crippen LogP contribution is 2.19. The lowest BCUT2D eigenvalue weighted by molar-refractivity contribution is 0.397. The maximum atomic E-state index is 5.98. The third kappa shape index (κ3) is 3.11. The Bertz CT molecular complexity index is 493. The third-order valence-corrected chi connectivity index (χ3v) is 2.81. The second-order valence-electron chi connectivity index (χ2n) is 3.68. The lowest BCUT2D eigenvalue weighted by Gasteiger charge is -2.16. The molecule has 0 saturated carbocycles. The van der Waals surface area contributed by atoms with Gasteiger partial charge in [0, 0.05) is 18.1 Å². The number of aromatic nitrogens is 2. The molecular weight excluding hydrogens is 250 g/mol. The normalized spacial score (nSPS) is 11.9. The molecular formula is C13H14ClN3O. The monoisotopic (exact) mass is 263 g/mol. The maximum absolute atomic E-state index is 5.98. The fraction of sp³-hybridized carbons (Fsp3) is 0.231. The van der Waals surface area contributed by atoms with Crippen LogP contribution in [0.15, 0.2) is 42.6 Å². The molecule has 2 aromatic rings. The molecule has 1 N–H and O–H groups in total. The Kier molecular flexibility index (Phi) is 4.36. The summed E-state index contributed by atoms with van der Waals surface area (Å²) in [7, 11) is 1.57. The van der Waals surface area contributed by atoms with Crippen LogP contribution in [0, 0.1) is 0 Å². The van der Waals surface area contributed by atoms with Crippen LogP contribution < -0.4 is 10.1 Å². The SMILES string of the molecule is COc1ccnc(NC(CCl)c2ccccc2)n1. The molecule has 0 radical (unpaired) electrons. The molecule has 1 aromatic heterocycles. The molecule has 0 fully saturated rings. The van der Waals surface area contributed by atoms with E-state index >= 15 is 0 Å². The summed E-state index contributed by atoms with van der Waals surface area (Å²) in [6.45, 7) is 0. The Labute approximate surface area is 111 Å². The standard InChI is InChI=1S/C13H14ClN3O/c1-18-12-7-8-15-13(17-12)16-11(9-14)10-5-3-2-4-6-10/h2-8,11H,9H2,1H3,(H,15,16,17). The van der Waals surface area contributed by atoms with Crippen molar-refractivity contribution in [3.05, 3.63) is 48.2 Å². The molecule has 0 spiro atoms. The van der Waals surface area contributed by atoms with Gasteiger partial charge < -0.3 is 10.1 Å². The first kappa shape index (κ1) is 12.6. The van der Waals surface area contributed by atoms with E-state index in [9.17, 15) is 0 Å². The average Bonchev–Trinajstić information content (AvgIpc) is 2.46. The third-order valence-electron chi connectivity index (χ3n) is 2.50. The van der Waals surface area contributed by atoms with Crippen LogP contribution in [-0.2, 0) is 0 Å². The van der Waals surface area contributed by atoms with Crippen LogP contribution in [-0.4, -0.2) is 23.0 Å². The summed E-state index contributed by atoms with van der Waals surface area (Å²) < 4.78 is 5.05. The van der Waals surface area contributed by atoms with Crippen molar-refractivity contribution >= 4 is 17.5 Å². The number of alkyl halides is 1. The van der Waals surface area contributed by atoms with Crippen LogP contribution in [0.2, 0.25) is 0 Å². The van der Waals surface area contributed by atoms with Crippen molar-refractivity contribution in [3.63, 3.8) is 0 Å². The lowest BCUT2D eigenvalue weighted by atomic mass is 10.1. The Morgan fingerprint density at radius 1 is 1.28 bits per heavy atom. The molecule has 18 heavy (non-hydrogen) atoms. The first-order chi connectivity index (χ1) is 8.83. The van der Waals surface area contributed by atoms with Gasteiger partial charge >= 0.3 is 0 Å². The maximum Gasteiger partial charge on any atom is 0.226 e. The Balaban J connectivity index is 2.15. The van der Waals surface area contributed by atoms with Crippen molar-refractivity contribution in [2.24, 2.45) is 0 Å². The van der Waals surface area contributed by atoms with Crippen LogP contribution in [0.3, 0.4) is 0 Å². The molecule has 0 aliphatic rings. The van der Waals surface area contributed by atoms with E-state index in [1.54, 1.807) is 19.4 Å². The zero-order valence-electron chi connectivity index (χ0n) is 10.0. The summed E-state index contributed by atoms with van der Waals surface area (Å²) in [5.74, 6) is 1.46. The minimum absolute atomic E-state index is 0.0278. The zero-order valence-corrected chi connectivity index (χ0v) is 10.8. The number of halogens is 1. The highest BCUT2D eigenvalue weighted by atomic mass is 35.5. The number of nitrogens with one attached hydrogen (secondary N) is 1. The first-order valence-electron chi connectivity index (χ1n) is 5.58. The summed E-state index contributed by atoms with van der Waals surface area (Å²) in [5, 5.41) is 3.19. The number of anilines is 1. The van der Waals surface area contributed by atoms with Crippen molar-refractivity contribution in [3.8, 4) is 5.88 Å². The number of methoxy groups -OCH3 is 1. The van der Waals surface area contributed by atoms with E-state index < -0.39 is 0 Å². The Morgan fingerprint density at radius 3 is 2.72 bits per heavy atom. The topological polar surface area (TPSA) is 47.0 Å². The van der Waals surface area contributed by atoms with E-state index in [-0.39, 0.29) is 6.04 Å². The molecule has 1 heterocycles. The van der Waals surface area contributed by atoms with E-state index in [0.717, 1.165) is 5.56 Å². The highest BCUT2D eigenvalue weighted by Gasteiger charge is 2.11. The summed E-state index contributed by atoms with van der Waals surface area (Å²) >= 11 is 5.98. The molecule has 94 valence electrons. The summed E-state index contributed by atoms with van der Waals surface area (Å²) in [4.78, 5) is 8.34. The van der Waals surface area contributed by atoms with Crippen molar-refractivity contribution in [1.82, 2.24) is 9.97 Å². The number of nitrogens with zero attached hydrogens (tertiary/aromatic N) is 2. The molecule has 0 aliphatic carbocycles. The van der Waals surface area contributed by atoms with E-state index in [2.05, 4.69) is 15.3 Å². The number of benzene rings is 1. The van der Waals surface area contributed by atoms with Crippen LogP contribution in [0.25, 0.3) is 0 Å². The Hall–Kier alpha value is -1.81. The van der Waals surface area contributed by atoms with E-state index in [4.69, 9.17) is 16.3 Å². The van der Waals surface area contributed by atoms with Crippen molar-refractivity contribution in [1.29, 1.82) is 0 Å². The van der Waals surface area contributed by atoms with Crippen LogP contribution in [0.5, 0.6) is 5.88 Å². The van der Waals surface area contributed by atoms with Gasteiger partial charge in [-0.3, -0.25) is 0 Å². The predicted molar refractivity (Wildman–Crippen MR) is 72.1 cm³/mol. The second-order valence-corrected chi connectivity index (χ2v) is 3.99. The number of rotatable bonds is 5. The van der Waals surface area contributed by atoms with E-state index in [1.165, 1.54) is 0 Å². The van der Waals surface area contributed by atoms with E-state index in [0.29, 0.717) is 17.7 Å². The van der Waals surface area contributed by atoms with E-state index in [1.807, 2.05) is 30.3 Å². The summed E-state index contributed by atoms with van der Waals surface area (Å²) in [5.41, 5.74) is 1.10. The zero-order chi connectivity index (χ0) is 12.8. The largest absolute Gasteiger partial charge is 0.481 e. The summed E-state index contributed by atoms with van der Waals surface area (Å²) in [6, 6.07) is 11.6. The fourth-order valence-electron chi connectivity index (χ4n) is 1.58. The fourth-order valence-corrected chi connectivity index (χ4v) is 1.83. The molecule has 4 nitrogen and oxygen atoms in total. The van der Waals surface area contributed by atoms with Crippen molar-refractivity contribution in [2.75, 3.05) is 18.3 Å². The molecule has 0 saturated heterocycles. The van der Waals surface area contributed by atoms with Gasteiger partial charge in [0.25, 0.3) is 0 Å². The number of hydrogen-bond donors (Lipinski definition) is 1. The van der Waals surface area contributed by atoms with Gasteiger partial charge in [0.1, 0.15) is 0 Å². The van der Waals surface area contributed by atoms with Gasteiger partial charge in [0.05, 0.1) is 13.2 Å². The van der Waals surface area contributed by atoms with Gasteiger partial charge in [-0.25, -0.2) is 4.98 Å². The minimum atomic E-state index is -0.0278. The Morgan fingerprint density at radius 2 is 2.06 bits per heavy atom. The van der Waals surface area contributed by atoms with Gasteiger partial charge in [-0.2, -0.15) is 4.98 Å². The lowest BCUT2D eigenvalue weighted by Crippen LogP contribution is -2.14. The second kappa shape index (κ2) is 6.21. The van der Waals surface area contributed by atoms with Crippen LogP contribution >= 0.6 is 11.6 Å². The van der Waals surface area contributed by atoms with Crippen LogP contribution in [0.1, 0.15) is 11.6 Å². The van der Waals surface area contributed by atoms with Gasteiger partial charge in [-0.05, 0) is 5.56 Å². The van der Waals surface area contributed by atoms with Crippen LogP contribution in [0.4, 0.5) is 5.95 Å². The smallest absolute Gasteiger partial charge is 0.226 e. The number of hydrogen-bond acceptors (Lipinski definition) is 4. The molecule has 5 heteroatoms. The summed E-state index contributed by atoms with van der Waals surface area (Å²) in [6.07, 6.45) is 1.64. The first-order valence-corrected chi connectivity index (χ1v) is 6.11. The molecule has 1 atom stereocenters. The minimum Gasteiger partial charge on any atom is -0.481 e. The molecule has 0 bridgehead atoms. The van der Waals surface area contributed by atoms with Gasteiger partial charge in [-0.1, -0.05) is 30.3 Å². The van der Waals surface area contributed by atoms with Gasteiger partial charge in [0.2, 0.25) is 11.8 Å². The van der Waals surface area contributed by atoms with Crippen molar-refractivity contribution in [2.45, 2.75) is 6.04 Å².